The van der Waals surface area contributed by atoms with E-state index in [1.807, 2.05) is 6.26 Å². The van der Waals surface area contributed by atoms with Crippen molar-refractivity contribution in [2.24, 2.45) is 0 Å². The predicted octanol–water partition coefficient (Wildman–Crippen LogP) is 2.69. The number of amides is 2. The van der Waals surface area contributed by atoms with E-state index in [9.17, 15) is 9.59 Å². The van der Waals surface area contributed by atoms with Crippen molar-refractivity contribution in [1.82, 2.24) is 5.32 Å². The summed E-state index contributed by atoms with van der Waals surface area (Å²) in [5.74, 6) is -0.139. The van der Waals surface area contributed by atoms with Crippen LogP contribution in [0.1, 0.15) is 6.42 Å². The van der Waals surface area contributed by atoms with Crippen molar-refractivity contribution in [2.45, 2.75) is 6.42 Å². The number of halogens is 1. The fraction of sp³-hybridized carbons (Fsp3) is 0.385. The highest BCUT2D eigenvalue weighted by Gasteiger charge is 2.18. The van der Waals surface area contributed by atoms with Crippen molar-refractivity contribution in [3.8, 4) is 0 Å². The molecule has 20 heavy (non-hydrogen) atoms. The quantitative estimate of drug-likeness (QED) is 0.759. The Kier molecular flexibility index (Phi) is 7.25. The summed E-state index contributed by atoms with van der Waals surface area (Å²) in [6.07, 6.45) is 2.83. The second kappa shape index (κ2) is 8.71. The van der Waals surface area contributed by atoms with Crippen LogP contribution in [0.25, 0.3) is 0 Å². The molecular weight excluding hydrogens is 300 g/mol. The van der Waals surface area contributed by atoms with Gasteiger partial charge in [0.1, 0.15) is 6.54 Å². The van der Waals surface area contributed by atoms with E-state index in [0.29, 0.717) is 17.3 Å². The molecule has 0 saturated carbocycles. The molecule has 1 aromatic carbocycles. The number of carboxylic acids is 1. The summed E-state index contributed by atoms with van der Waals surface area (Å²) in [4.78, 5) is 24.1. The van der Waals surface area contributed by atoms with Crippen molar-refractivity contribution in [3.05, 3.63) is 29.3 Å². The van der Waals surface area contributed by atoms with E-state index in [4.69, 9.17) is 16.7 Å². The molecule has 0 radical (unpaired) electrons. The summed E-state index contributed by atoms with van der Waals surface area (Å²) in [5, 5.41) is 12.1. The Morgan fingerprint density at radius 1 is 1.45 bits per heavy atom. The van der Waals surface area contributed by atoms with Crippen molar-refractivity contribution in [3.63, 3.8) is 0 Å². The van der Waals surface area contributed by atoms with Gasteiger partial charge >= 0.3 is 12.0 Å². The molecule has 2 N–H and O–H groups in total. The first-order valence-corrected chi connectivity index (χ1v) is 7.83. The molecule has 1 aromatic rings. The number of hydrogen-bond donors (Lipinski definition) is 2. The standard InChI is InChI=1S/C13H17ClN2O3S/c1-20-7-3-6-15-13(19)16(9-12(17)18)11-5-2-4-10(14)8-11/h2,4-5,8H,3,6-7,9H2,1H3,(H,15,19)(H,17,18). The first-order valence-electron chi connectivity index (χ1n) is 6.06. The number of urea groups is 1. The van der Waals surface area contributed by atoms with E-state index >= 15 is 0 Å². The van der Waals surface area contributed by atoms with E-state index in [-0.39, 0.29) is 0 Å². The molecule has 1 rings (SSSR count). The maximum absolute atomic E-state index is 12.1. The zero-order valence-electron chi connectivity index (χ0n) is 11.1. The monoisotopic (exact) mass is 316 g/mol. The number of rotatable bonds is 7. The molecule has 0 atom stereocenters. The fourth-order valence-corrected chi connectivity index (χ4v) is 2.18. The highest BCUT2D eigenvalue weighted by Crippen LogP contribution is 2.19. The van der Waals surface area contributed by atoms with Crippen LogP contribution in [0.5, 0.6) is 0 Å². The lowest BCUT2D eigenvalue weighted by molar-refractivity contribution is -0.135. The molecule has 0 heterocycles. The summed E-state index contributed by atoms with van der Waals surface area (Å²) in [6, 6.07) is 6.12. The number of aliphatic carboxylic acids is 1. The molecule has 5 nitrogen and oxygen atoms in total. The number of benzene rings is 1. The van der Waals surface area contributed by atoms with Crippen LogP contribution in [0.4, 0.5) is 10.5 Å². The second-order valence-electron chi connectivity index (χ2n) is 4.04. The molecule has 0 spiro atoms. The van der Waals surface area contributed by atoms with Crippen LogP contribution in [0.2, 0.25) is 5.02 Å². The Morgan fingerprint density at radius 3 is 2.80 bits per heavy atom. The first-order chi connectivity index (χ1) is 9.54. The van der Waals surface area contributed by atoms with Gasteiger partial charge in [0.2, 0.25) is 0 Å². The van der Waals surface area contributed by atoms with E-state index in [0.717, 1.165) is 17.1 Å². The maximum Gasteiger partial charge on any atom is 0.323 e. The molecule has 2 amide bonds. The largest absolute Gasteiger partial charge is 0.480 e. The smallest absolute Gasteiger partial charge is 0.323 e. The Balaban J connectivity index is 2.73. The summed E-state index contributed by atoms with van der Waals surface area (Å²) >= 11 is 7.56. The molecule has 0 aliphatic heterocycles. The number of nitrogens with one attached hydrogen (secondary N) is 1. The topological polar surface area (TPSA) is 69.6 Å². The van der Waals surface area contributed by atoms with E-state index < -0.39 is 18.5 Å². The lowest BCUT2D eigenvalue weighted by Gasteiger charge is -2.21. The zero-order valence-corrected chi connectivity index (χ0v) is 12.7. The van der Waals surface area contributed by atoms with Crippen molar-refractivity contribution < 1.29 is 14.7 Å². The van der Waals surface area contributed by atoms with Crippen LogP contribution >= 0.6 is 23.4 Å². The van der Waals surface area contributed by atoms with Gasteiger partial charge in [-0.15, -0.1) is 0 Å². The average Bonchev–Trinajstić information content (AvgIpc) is 2.40. The highest BCUT2D eigenvalue weighted by atomic mass is 35.5. The highest BCUT2D eigenvalue weighted by molar-refractivity contribution is 7.98. The third kappa shape index (κ3) is 5.71. The van der Waals surface area contributed by atoms with Gasteiger partial charge in [0.25, 0.3) is 0 Å². The minimum atomic E-state index is -1.08. The predicted molar refractivity (Wildman–Crippen MR) is 82.8 cm³/mol. The van der Waals surface area contributed by atoms with Crippen LogP contribution in [-0.4, -0.2) is 42.2 Å². The first kappa shape index (κ1) is 16.7. The fourth-order valence-electron chi connectivity index (χ4n) is 1.57. The van der Waals surface area contributed by atoms with Gasteiger partial charge in [-0.1, -0.05) is 17.7 Å². The van der Waals surface area contributed by atoms with Gasteiger partial charge in [-0.05, 0) is 36.6 Å². The van der Waals surface area contributed by atoms with Crippen LogP contribution in [-0.2, 0) is 4.79 Å². The Bertz CT molecular complexity index is 471. The Hall–Kier alpha value is -1.40. The van der Waals surface area contributed by atoms with Crippen molar-refractivity contribution in [1.29, 1.82) is 0 Å². The summed E-state index contributed by atoms with van der Waals surface area (Å²) in [6.45, 7) is 0.102. The molecule has 0 unspecified atom stereocenters. The van der Waals surface area contributed by atoms with Crippen molar-refractivity contribution >= 4 is 41.1 Å². The summed E-state index contributed by atoms with van der Waals surface area (Å²) < 4.78 is 0. The van der Waals surface area contributed by atoms with E-state index in [1.165, 1.54) is 0 Å². The van der Waals surface area contributed by atoms with Crippen LogP contribution in [0.15, 0.2) is 24.3 Å². The third-order valence-corrected chi connectivity index (χ3v) is 3.39. The molecule has 110 valence electrons. The average molecular weight is 317 g/mol. The number of carbonyl (C=O) groups is 2. The van der Waals surface area contributed by atoms with Gasteiger partial charge in [-0.25, -0.2) is 4.79 Å². The summed E-state index contributed by atoms with van der Waals surface area (Å²) in [7, 11) is 0. The molecule has 0 fully saturated rings. The van der Waals surface area contributed by atoms with E-state index in [1.54, 1.807) is 36.0 Å². The molecule has 0 aliphatic rings. The molecule has 7 heteroatoms. The van der Waals surface area contributed by atoms with Crippen LogP contribution < -0.4 is 10.2 Å². The molecule has 0 bridgehead atoms. The molecule has 0 aliphatic carbocycles. The lowest BCUT2D eigenvalue weighted by Crippen LogP contribution is -2.43. The zero-order chi connectivity index (χ0) is 15.0. The van der Waals surface area contributed by atoms with Gasteiger partial charge in [0.15, 0.2) is 0 Å². The number of carboxylic acid groups (broad SMARTS) is 1. The molecular formula is C13H17ClN2O3S. The van der Waals surface area contributed by atoms with Gasteiger partial charge in [0, 0.05) is 17.3 Å². The van der Waals surface area contributed by atoms with Crippen molar-refractivity contribution in [2.75, 3.05) is 30.0 Å². The normalized spacial score (nSPS) is 10.1. The minimum absolute atomic E-state index is 0.408. The lowest BCUT2D eigenvalue weighted by atomic mass is 10.3. The van der Waals surface area contributed by atoms with E-state index in [2.05, 4.69) is 5.32 Å². The SMILES string of the molecule is CSCCCNC(=O)N(CC(=O)O)c1cccc(Cl)c1. The number of nitrogens with zero attached hydrogens (tertiary/aromatic N) is 1. The third-order valence-electron chi connectivity index (χ3n) is 2.46. The Labute approximate surface area is 127 Å². The second-order valence-corrected chi connectivity index (χ2v) is 5.46. The van der Waals surface area contributed by atoms with Gasteiger partial charge in [0.05, 0.1) is 0 Å². The summed E-state index contributed by atoms with van der Waals surface area (Å²) in [5.41, 5.74) is 0.460. The Morgan fingerprint density at radius 2 is 2.20 bits per heavy atom. The van der Waals surface area contributed by atoms with Gasteiger partial charge in [-0.3, -0.25) is 9.69 Å². The number of thioether (sulfide) groups is 1. The van der Waals surface area contributed by atoms with Gasteiger partial charge < -0.3 is 10.4 Å². The number of carbonyl (C=O) groups excluding carboxylic acids is 1. The number of anilines is 1. The maximum atomic E-state index is 12.1. The van der Waals surface area contributed by atoms with Crippen LogP contribution in [0, 0.1) is 0 Å². The van der Waals surface area contributed by atoms with Gasteiger partial charge in [-0.2, -0.15) is 11.8 Å². The minimum Gasteiger partial charge on any atom is -0.480 e. The molecule has 0 saturated heterocycles. The molecule has 0 aromatic heterocycles. The number of hydrogen-bond acceptors (Lipinski definition) is 3. The van der Waals surface area contributed by atoms with Crippen LogP contribution in [0.3, 0.4) is 0 Å².